The minimum atomic E-state index is -0.397. The van der Waals surface area contributed by atoms with Crippen molar-refractivity contribution in [3.63, 3.8) is 0 Å². The molecule has 1 amide bonds. The van der Waals surface area contributed by atoms with E-state index in [0.717, 1.165) is 17.9 Å². The maximum atomic E-state index is 12.4. The van der Waals surface area contributed by atoms with E-state index in [2.05, 4.69) is 5.32 Å². The molecule has 5 nitrogen and oxygen atoms in total. The molecule has 0 aliphatic carbocycles. The van der Waals surface area contributed by atoms with Crippen LogP contribution in [0.1, 0.15) is 18.5 Å². The summed E-state index contributed by atoms with van der Waals surface area (Å²) in [6.07, 6.45) is -0.397. The Morgan fingerprint density at radius 3 is 2.90 bits per heavy atom. The van der Waals surface area contributed by atoms with Crippen molar-refractivity contribution in [2.45, 2.75) is 19.1 Å². The monoisotopic (exact) mass is 278 g/mol. The van der Waals surface area contributed by atoms with Crippen LogP contribution in [0.15, 0.2) is 24.3 Å². The number of morpholine rings is 1. The van der Waals surface area contributed by atoms with Crippen LogP contribution in [0.4, 0.5) is 0 Å². The molecule has 20 heavy (non-hydrogen) atoms. The van der Waals surface area contributed by atoms with Gasteiger partial charge in [-0.3, -0.25) is 4.79 Å². The predicted molar refractivity (Wildman–Crippen MR) is 76.8 cm³/mol. The van der Waals surface area contributed by atoms with Crippen LogP contribution >= 0.6 is 0 Å². The molecule has 110 valence electrons. The van der Waals surface area contributed by atoms with Gasteiger partial charge in [0.25, 0.3) is 5.91 Å². The van der Waals surface area contributed by atoms with Crippen molar-refractivity contribution < 1.29 is 14.3 Å². The van der Waals surface area contributed by atoms with Gasteiger partial charge in [-0.25, -0.2) is 0 Å². The number of carbonyl (C=O) groups is 1. The molecule has 2 rings (SSSR count). The minimum Gasteiger partial charge on any atom is -0.496 e. The number of ether oxygens (including phenoxy) is 2. The van der Waals surface area contributed by atoms with Gasteiger partial charge >= 0.3 is 0 Å². The Kier molecular flexibility index (Phi) is 4.98. The molecular weight excluding hydrogens is 256 g/mol. The van der Waals surface area contributed by atoms with Crippen molar-refractivity contribution in [1.29, 1.82) is 0 Å². The van der Waals surface area contributed by atoms with Crippen LogP contribution in [0.3, 0.4) is 0 Å². The van der Waals surface area contributed by atoms with Gasteiger partial charge in [0.15, 0.2) is 0 Å². The van der Waals surface area contributed by atoms with Crippen molar-refractivity contribution in [1.82, 2.24) is 10.2 Å². The van der Waals surface area contributed by atoms with Gasteiger partial charge in [-0.2, -0.15) is 0 Å². The molecule has 1 aromatic carbocycles. The van der Waals surface area contributed by atoms with Crippen molar-refractivity contribution in [2.24, 2.45) is 0 Å². The number of rotatable bonds is 4. The fourth-order valence-corrected chi connectivity index (χ4v) is 2.36. The zero-order valence-electron chi connectivity index (χ0n) is 12.3. The van der Waals surface area contributed by atoms with Crippen LogP contribution < -0.4 is 10.1 Å². The number of likely N-dealkylation sites (N-methyl/N-ethyl adjacent to an activating group) is 1. The van der Waals surface area contributed by atoms with E-state index >= 15 is 0 Å². The summed E-state index contributed by atoms with van der Waals surface area (Å²) in [5, 5.41) is 3.17. The first-order valence-corrected chi connectivity index (χ1v) is 6.87. The average molecular weight is 278 g/mol. The molecule has 2 unspecified atom stereocenters. The molecule has 5 heteroatoms. The summed E-state index contributed by atoms with van der Waals surface area (Å²) in [6.45, 7) is 3.94. The van der Waals surface area contributed by atoms with E-state index in [4.69, 9.17) is 9.47 Å². The highest BCUT2D eigenvalue weighted by atomic mass is 16.5. The van der Waals surface area contributed by atoms with E-state index in [1.54, 1.807) is 19.1 Å². The van der Waals surface area contributed by atoms with Gasteiger partial charge in [0.05, 0.1) is 19.8 Å². The van der Waals surface area contributed by atoms with Gasteiger partial charge in [-0.15, -0.1) is 0 Å². The average Bonchev–Trinajstić information content (AvgIpc) is 2.53. The molecule has 1 aromatic rings. The van der Waals surface area contributed by atoms with E-state index < -0.39 is 6.10 Å². The number of para-hydroxylation sites is 1. The first kappa shape index (κ1) is 14.8. The third kappa shape index (κ3) is 3.11. The van der Waals surface area contributed by atoms with Gasteiger partial charge in [-0.1, -0.05) is 18.2 Å². The van der Waals surface area contributed by atoms with Crippen molar-refractivity contribution in [3.05, 3.63) is 29.8 Å². The lowest BCUT2D eigenvalue weighted by molar-refractivity contribution is -0.145. The number of hydrogen-bond donors (Lipinski definition) is 1. The van der Waals surface area contributed by atoms with Crippen LogP contribution in [0, 0.1) is 0 Å². The highest BCUT2D eigenvalue weighted by Crippen LogP contribution is 2.28. The van der Waals surface area contributed by atoms with Gasteiger partial charge in [0, 0.05) is 25.7 Å². The molecule has 0 saturated carbocycles. The fraction of sp³-hybridized carbons (Fsp3) is 0.533. The van der Waals surface area contributed by atoms with Crippen LogP contribution in [-0.2, 0) is 9.53 Å². The summed E-state index contributed by atoms with van der Waals surface area (Å²) in [6, 6.07) is 7.69. The lowest BCUT2D eigenvalue weighted by Gasteiger charge is -2.31. The highest BCUT2D eigenvalue weighted by molar-refractivity contribution is 5.81. The van der Waals surface area contributed by atoms with Crippen LogP contribution in [0.25, 0.3) is 0 Å². The van der Waals surface area contributed by atoms with Gasteiger partial charge < -0.3 is 19.7 Å². The standard InChI is InChI=1S/C15H22N2O3/c1-11(12-6-4-5-7-13(12)19-3)17(2)15(18)14-10-16-8-9-20-14/h4-7,11,14,16H,8-10H2,1-3H3. The topological polar surface area (TPSA) is 50.8 Å². The molecule has 0 spiro atoms. The molecule has 1 fully saturated rings. The summed E-state index contributed by atoms with van der Waals surface area (Å²) in [5.41, 5.74) is 0.995. The second-order valence-electron chi connectivity index (χ2n) is 4.93. The maximum absolute atomic E-state index is 12.4. The number of benzene rings is 1. The Bertz CT molecular complexity index is 458. The summed E-state index contributed by atoms with van der Waals surface area (Å²) in [7, 11) is 3.44. The SMILES string of the molecule is COc1ccccc1C(C)N(C)C(=O)C1CNCCO1. The normalized spacial score (nSPS) is 20.2. The number of nitrogens with zero attached hydrogens (tertiary/aromatic N) is 1. The van der Waals surface area contributed by atoms with E-state index in [0.29, 0.717) is 13.2 Å². The minimum absolute atomic E-state index is 0.00407. The fourth-order valence-electron chi connectivity index (χ4n) is 2.36. The summed E-state index contributed by atoms with van der Waals surface area (Å²) >= 11 is 0. The largest absolute Gasteiger partial charge is 0.496 e. The summed E-state index contributed by atoms with van der Waals surface area (Å²) < 4.78 is 10.9. The zero-order valence-corrected chi connectivity index (χ0v) is 12.3. The Balaban J connectivity index is 2.11. The molecule has 1 N–H and O–H groups in total. The zero-order chi connectivity index (χ0) is 14.5. The lowest BCUT2D eigenvalue weighted by atomic mass is 10.1. The third-order valence-corrected chi connectivity index (χ3v) is 3.72. The van der Waals surface area contributed by atoms with Crippen molar-refractivity contribution in [2.75, 3.05) is 33.9 Å². The van der Waals surface area contributed by atoms with E-state index in [1.807, 2.05) is 31.2 Å². The van der Waals surface area contributed by atoms with Gasteiger partial charge in [0.2, 0.25) is 0 Å². The summed E-state index contributed by atoms with van der Waals surface area (Å²) in [4.78, 5) is 14.2. The Morgan fingerprint density at radius 2 is 2.25 bits per heavy atom. The van der Waals surface area contributed by atoms with E-state index in [1.165, 1.54) is 0 Å². The quantitative estimate of drug-likeness (QED) is 0.899. The molecule has 0 radical (unpaired) electrons. The van der Waals surface area contributed by atoms with E-state index in [9.17, 15) is 4.79 Å². The summed E-state index contributed by atoms with van der Waals surface area (Å²) in [5.74, 6) is 0.790. The maximum Gasteiger partial charge on any atom is 0.253 e. The van der Waals surface area contributed by atoms with Gasteiger partial charge in [0.1, 0.15) is 11.9 Å². The first-order valence-electron chi connectivity index (χ1n) is 6.87. The van der Waals surface area contributed by atoms with Crippen molar-refractivity contribution >= 4 is 5.91 Å². The number of methoxy groups -OCH3 is 1. The van der Waals surface area contributed by atoms with E-state index in [-0.39, 0.29) is 11.9 Å². The third-order valence-electron chi connectivity index (χ3n) is 3.72. The smallest absolute Gasteiger partial charge is 0.253 e. The molecule has 0 aromatic heterocycles. The first-order chi connectivity index (χ1) is 9.65. The number of hydrogen-bond acceptors (Lipinski definition) is 4. The molecule has 2 atom stereocenters. The molecule has 1 aliphatic rings. The molecule has 1 saturated heterocycles. The Labute approximate surface area is 119 Å². The number of amides is 1. The lowest BCUT2D eigenvalue weighted by Crippen LogP contribution is -2.48. The second kappa shape index (κ2) is 6.72. The van der Waals surface area contributed by atoms with Crippen LogP contribution in [0.2, 0.25) is 0 Å². The van der Waals surface area contributed by atoms with Gasteiger partial charge in [-0.05, 0) is 13.0 Å². The van der Waals surface area contributed by atoms with Crippen LogP contribution in [-0.4, -0.2) is 50.8 Å². The number of nitrogens with one attached hydrogen (secondary N) is 1. The Hall–Kier alpha value is -1.59. The molecule has 1 heterocycles. The molecular formula is C15H22N2O3. The predicted octanol–water partition coefficient (Wildman–Crippen LogP) is 1.20. The molecule has 0 bridgehead atoms. The second-order valence-corrected chi connectivity index (χ2v) is 4.93. The number of carbonyl (C=O) groups excluding carboxylic acids is 1. The van der Waals surface area contributed by atoms with Crippen LogP contribution in [0.5, 0.6) is 5.75 Å². The highest BCUT2D eigenvalue weighted by Gasteiger charge is 2.28. The molecule has 1 aliphatic heterocycles. The Morgan fingerprint density at radius 1 is 1.50 bits per heavy atom. The van der Waals surface area contributed by atoms with Crippen molar-refractivity contribution in [3.8, 4) is 5.75 Å².